The quantitative estimate of drug-likeness (QED) is 0.476. The van der Waals surface area contributed by atoms with E-state index in [4.69, 9.17) is 16.6 Å². The Hall–Kier alpha value is -3.11. The third-order valence-corrected chi connectivity index (χ3v) is 5.33. The predicted molar refractivity (Wildman–Crippen MR) is 117 cm³/mol. The third-order valence-electron chi connectivity index (χ3n) is 5.08. The van der Waals surface area contributed by atoms with Gasteiger partial charge >= 0.3 is 0 Å². The zero-order valence-electron chi connectivity index (χ0n) is 16.2. The van der Waals surface area contributed by atoms with Crippen molar-refractivity contribution in [2.75, 3.05) is 6.54 Å². The third kappa shape index (κ3) is 4.17. The van der Waals surface area contributed by atoms with E-state index < -0.39 is 0 Å². The van der Waals surface area contributed by atoms with Gasteiger partial charge in [0, 0.05) is 23.6 Å². The Morgan fingerprint density at radius 3 is 2.45 bits per heavy atom. The fraction of sp³-hybridized carbons (Fsp3) is 0.167. The first-order valence-electron chi connectivity index (χ1n) is 9.68. The van der Waals surface area contributed by atoms with E-state index in [0.717, 1.165) is 16.9 Å². The van der Waals surface area contributed by atoms with Gasteiger partial charge < -0.3 is 9.88 Å². The van der Waals surface area contributed by atoms with Crippen molar-refractivity contribution < 1.29 is 4.79 Å². The first kappa shape index (κ1) is 19.2. The lowest BCUT2D eigenvalue weighted by atomic mass is 10.1. The molecule has 29 heavy (non-hydrogen) atoms. The molecule has 1 N–H and O–H groups in total. The summed E-state index contributed by atoms with van der Waals surface area (Å²) in [6.45, 7) is 2.69. The molecule has 4 aromatic rings. The van der Waals surface area contributed by atoms with E-state index in [1.54, 1.807) is 24.3 Å². The van der Waals surface area contributed by atoms with Crippen LogP contribution in [0, 0.1) is 0 Å². The molecule has 0 saturated heterocycles. The SMILES string of the molecule is CC(c1ccccc1)n1c(CCNC(=O)c2ccc(Cl)cc2)nc2ccccc21. The minimum Gasteiger partial charge on any atom is -0.352 e. The molecule has 0 aliphatic carbocycles. The van der Waals surface area contributed by atoms with Gasteiger partial charge in [-0.2, -0.15) is 0 Å². The Balaban J connectivity index is 1.55. The molecule has 0 aliphatic heterocycles. The van der Waals surface area contributed by atoms with E-state index in [1.165, 1.54) is 5.56 Å². The van der Waals surface area contributed by atoms with Gasteiger partial charge in [-0.15, -0.1) is 0 Å². The molecule has 0 aliphatic rings. The van der Waals surface area contributed by atoms with Crippen LogP contribution in [0.4, 0.5) is 0 Å². The van der Waals surface area contributed by atoms with Crippen LogP contribution >= 0.6 is 11.6 Å². The molecular formula is C24H22ClN3O. The van der Waals surface area contributed by atoms with Gasteiger partial charge in [0.25, 0.3) is 5.91 Å². The topological polar surface area (TPSA) is 46.9 Å². The molecule has 1 atom stereocenters. The highest BCUT2D eigenvalue weighted by Gasteiger charge is 2.17. The van der Waals surface area contributed by atoms with Crippen LogP contribution in [0.5, 0.6) is 0 Å². The molecule has 4 rings (SSSR count). The van der Waals surface area contributed by atoms with Gasteiger partial charge in [0.15, 0.2) is 0 Å². The molecule has 3 aromatic carbocycles. The summed E-state index contributed by atoms with van der Waals surface area (Å²) in [6.07, 6.45) is 0.644. The van der Waals surface area contributed by atoms with E-state index in [0.29, 0.717) is 23.6 Å². The van der Waals surface area contributed by atoms with Crippen LogP contribution in [0.3, 0.4) is 0 Å². The smallest absolute Gasteiger partial charge is 0.251 e. The van der Waals surface area contributed by atoms with Crippen molar-refractivity contribution in [3.8, 4) is 0 Å². The number of benzene rings is 3. The summed E-state index contributed by atoms with van der Waals surface area (Å²) in [5, 5.41) is 3.60. The van der Waals surface area contributed by atoms with Crippen molar-refractivity contribution in [2.45, 2.75) is 19.4 Å². The summed E-state index contributed by atoms with van der Waals surface area (Å²) in [5.74, 6) is 0.847. The fourth-order valence-corrected chi connectivity index (χ4v) is 3.70. The standard InChI is InChI=1S/C24H22ClN3O/c1-17(18-7-3-2-4-8-18)28-22-10-6-5-9-21(22)27-23(28)15-16-26-24(29)19-11-13-20(25)14-12-19/h2-14,17H,15-16H2,1H3,(H,26,29). The lowest BCUT2D eigenvalue weighted by molar-refractivity contribution is 0.0954. The van der Waals surface area contributed by atoms with Gasteiger partial charge in [-0.25, -0.2) is 4.98 Å². The van der Waals surface area contributed by atoms with Gasteiger partial charge in [0.1, 0.15) is 5.82 Å². The summed E-state index contributed by atoms with van der Waals surface area (Å²) < 4.78 is 2.26. The van der Waals surface area contributed by atoms with Gasteiger partial charge in [-0.3, -0.25) is 4.79 Å². The number of rotatable bonds is 6. The maximum Gasteiger partial charge on any atom is 0.251 e. The Bertz CT molecular complexity index is 1120. The van der Waals surface area contributed by atoms with Crippen LogP contribution in [-0.2, 0) is 6.42 Å². The maximum atomic E-state index is 12.4. The largest absolute Gasteiger partial charge is 0.352 e. The Kier molecular flexibility index (Phi) is 5.63. The van der Waals surface area contributed by atoms with Crippen LogP contribution in [0.25, 0.3) is 11.0 Å². The van der Waals surface area contributed by atoms with Gasteiger partial charge in [0.05, 0.1) is 17.1 Å². The molecule has 1 unspecified atom stereocenters. The minimum atomic E-state index is -0.111. The molecule has 5 heteroatoms. The number of para-hydroxylation sites is 2. The second-order valence-electron chi connectivity index (χ2n) is 6.99. The number of halogens is 1. The van der Waals surface area contributed by atoms with Crippen LogP contribution in [0.1, 0.15) is 34.7 Å². The zero-order valence-corrected chi connectivity index (χ0v) is 16.9. The minimum absolute atomic E-state index is 0.111. The average molecular weight is 404 g/mol. The second-order valence-corrected chi connectivity index (χ2v) is 7.42. The molecule has 1 amide bonds. The molecule has 0 bridgehead atoms. The summed E-state index contributed by atoms with van der Waals surface area (Å²) in [5.41, 5.74) is 3.89. The van der Waals surface area contributed by atoms with E-state index in [-0.39, 0.29) is 11.9 Å². The Morgan fingerprint density at radius 1 is 1.00 bits per heavy atom. The van der Waals surface area contributed by atoms with Crippen molar-refractivity contribution in [3.05, 3.63) is 101 Å². The van der Waals surface area contributed by atoms with Crippen LogP contribution in [0.15, 0.2) is 78.9 Å². The molecule has 0 spiro atoms. The molecule has 1 aromatic heterocycles. The highest BCUT2D eigenvalue weighted by Crippen LogP contribution is 2.26. The first-order valence-corrected chi connectivity index (χ1v) is 10.1. The van der Waals surface area contributed by atoms with Crippen LogP contribution < -0.4 is 5.32 Å². The van der Waals surface area contributed by atoms with Gasteiger partial charge in [-0.1, -0.05) is 54.1 Å². The maximum absolute atomic E-state index is 12.4. The van der Waals surface area contributed by atoms with Crippen molar-refractivity contribution in [3.63, 3.8) is 0 Å². The number of hydrogen-bond donors (Lipinski definition) is 1. The summed E-state index contributed by atoms with van der Waals surface area (Å²) in [7, 11) is 0. The summed E-state index contributed by atoms with van der Waals surface area (Å²) >= 11 is 5.89. The number of nitrogens with one attached hydrogen (secondary N) is 1. The van der Waals surface area contributed by atoms with Crippen molar-refractivity contribution in [2.24, 2.45) is 0 Å². The molecule has 146 valence electrons. The Morgan fingerprint density at radius 2 is 1.69 bits per heavy atom. The number of imidazole rings is 1. The lowest BCUT2D eigenvalue weighted by Gasteiger charge is -2.18. The average Bonchev–Trinajstić information content (AvgIpc) is 3.12. The number of amides is 1. The molecule has 4 nitrogen and oxygen atoms in total. The highest BCUT2D eigenvalue weighted by atomic mass is 35.5. The summed E-state index contributed by atoms with van der Waals surface area (Å²) in [4.78, 5) is 17.2. The van der Waals surface area contributed by atoms with E-state index in [2.05, 4.69) is 47.1 Å². The molecular weight excluding hydrogens is 382 g/mol. The number of aromatic nitrogens is 2. The predicted octanol–water partition coefficient (Wildman–Crippen LogP) is 5.27. The number of hydrogen-bond acceptors (Lipinski definition) is 2. The lowest BCUT2D eigenvalue weighted by Crippen LogP contribution is -2.26. The molecule has 0 fully saturated rings. The van der Waals surface area contributed by atoms with Crippen molar-refractivity contribution in [1.82, 2.24) is 14.9 Å². The fourth-order valence-electron chi connectivity index (χ4n) is 3.57. The van der Waals surface area contributed by atoms with E-state index in [9.17, 15) is 4.79 Å². The number of carbonyl (C=O) groups is 1. The molecule has 0 radical (unpaired) electrons. The van der Waals surface area contributed by atoms with Crippen molar-refractivity contribution in [1.29, 1.82) is 0 Å². The van der Waals surface area contributed by atoms with E-state index in [1.807, 2.05) is 24.3 Å². The number of carbonyl (C=O) groups excluding carboxylic acids is 1. The van der Waals surface area contributed by atoms with E-state index >= 15 is 0 Å². The Labute approximate surface area is 175 Å². The highest BCUT2D eigenvalue weighted by molar-refractivity contribution is 6.30. The second kappa shape index (κ2) is 8.50. The van der Waals surface area contributed by atoms with Crippen molar-refractivity contribution >= 4 is 28.5 Å². The van der Waals surface area contributed by atoms with Gasteiger partial charge in [-0.05, 0) is 48.9 Å². The van der Waals surface area contributed by atoms with Crippen LogP contribution in [0.2, 0.25) is 5.02 Å². The summed E-state index contributed by atoms with van der Waals surface area (Å²) in [6, 6.07) is 25.6. The monoisotopic (exact) mass is 403 g/mol. The first-order chi connectivity index (χ1) is 14.1. The van der Waals surface area contributed by atoms with Gasteiger partial charge in [0.2, 0.25) is 0 Å². The molecule has 0 saturated carbocycles. The number of fused-ring (bicyclic) bond motifs is 1. The van der Waals surface area contributed by atoms with Crippen LogP contribution in [-0.4, -0.2) is 22.0 Å². The number of nitrogens with zero attached hydrogens (tertiary/aromatic N) is 2. The zero-order chi connectivity index (χ0) is 20.2. The molecule has 1 heterocycles. The normalized spacial score (nSPS) is 12.1.